The lowest BCUT2D eigenvalue weighted by molar-refractivity contribution is 0.103. The molecule has 0 aromatic heterocycles. The summed E-state index contributed by atoms with van der Waals surface area (Å²) < 4.78 is 19.2. The second-order valence-electron chi connectivity index (χ2n) is 4.14. The minimum atomic E-state index is -0.379. The van der Waals surface area contributed by atoms with Crippen molar-refractivity contribution in [3.63, 3.8) is 0 Å². The van der Waals surface area contributed by atoms with Gasteiger partial charge in [-0.05, 0) is 52.7 Å². The van der Waals surface area contributed by atoms with E-state index >= 15 is 0 Å². The van der Waals surface area contributed by atoms with Gasteiger partial charge >= 0.3 is 0 Å². The molecule has 0 spiro atoms. The van der Waals surface area contributed by atoms with E-state index in [1.54, 1.807) is 44.4 Å². The van der Waals surface area contributed by atoms with Gasteiger partial charge in [0.15, 0.2) is 5.78 Å². The monoisotopic (exact) mass is 322 g/mol. The Morgan fingerprint density at radius 2 is 1.95 bits per heavy atom. The number of benzene rings is 2. The van der Waals surface area contributed by atoms with Crippen LogP contribution in [0.3, 0.4) is 0 Å². The van der Waals surface area contributed by atoms with Gasteiger partial charge in [-0.2, -0.15) is 0 Å². The molecule has 19 heavy (non-hydrogen) atoms. The van der Waals surface area contributed by atoms with E-state index in [0.29, 0.717) is 26.9 Å². The van der Waals surface area contributed by atoms with Crippen molar-refractivity contribution in [2.75, 3.05) is 7.11 Å². The van der Waals surface area contributed by atoms with Crippen LogP contribution >= 0.6 is 15.9 Å². The summed E-state index contributed by atoms with van der Waals surface area (Å²) in [6.07, 6.45) is 0. The Morgan fingerprint density at radius 1 is 1.21 bits per heavy atom. The summed E-state index contributed by atoms with van der Waals surface area (Å²) >= 11 is 3.32. The minimum absolute atomic E-state index is 0.228. The SMILES string of the molecule is COc1ccc(C(=O)c2ccc(C)c(F)c2)c(Br)c1. The molecule has 2 aromatic carbocycles. The van der Waals surface area contributed by atoms with Crippen LogP contribution in [0.5, 0.6) is 5.75 Å². The standard InChI is InChI=1S/C15H12BrFO2/c1-9-3-4-10(7-14(9)17)15(18)12-6-5-11(19-2)8-13(12)16/h3-8H,1-2H3. The van der Waals surface area contributed by atoms with E-state index in [4.69, 9.17) is 4.74 Å². The normalized spacial score (nSPS) is 10.3. The fraction of sp³-hybridized carbons (Fsp3) is 0.133. The van der Waals surface area contributed by atoms with Crippen molar-refractivity contribution in [2.45, 2.75) is 6.92 Å². The van der Waals surface area contributed by atoms with E-state index in [0.717, 1.165) is 0 Å². The van der Waals surface area contributed by atoms with Crippen molar-refractivity contribution in [2.24, 2.45) is 0 Å². The predicted molar refractivity (Wildman–Crippen MR) is 75.3 cm³/mol. The van der Waals surface area contributed by atoms with E-state index in [9.17, 15) is 9.18 Å². The molecule has 0 aliphatic carbocycles. The molecular formula is C15H12BrFO2. The maximum Gasteiger partial charge on any atom is 0.194 e. The molecule has 0 amide bonds. The third-order valence-electron chi connectivity index (χ3n) is 2.85. The number of aryl methyl sites for hydroxylation is 1. The zero-order valence-corrected chi connectivity index (χ0v) is 12.1. The van der Waals surface area contributed by atoms with E-state index in [-0.39, 0.29) is 11.6 Å². The molecule has 0 bridgehead atoms. The van der Waals surface area contributed by atoms with Gasteiger partial charge in [-0.1, -0.05) is 12.1 Å². The summed E-state index contributed by atoms with van der Waals surface area (Å²) in [5, 5.41) is 0. The lowest BCUT2D eigenvalue weighted by Gasteiger charge is -2.07. The fourth-order valence-electron chi connectivity index (χ4n) is 1.70. The van der Waals surface area contributed by atoms with Gasteiger partial charge < -0.3 is 4.74 Å². The van der Waals surface area contributed by atoms with Crippen molar-refractivity contribution in [3.05, 3.63) is 63.4 Å². The topological polar surface area (TPSA) is 26.3 Å². The lowest BCUT2D eigenvalue weighted by atomic mass is 10.0. The Bertz CT molecular complexity index is 638. The molecule has 0 fully saturated rings. The highest BCUT2D eigenvalue weighted by atomic mass is 79.9. The van der Waals surface area contributed by atoms with Crippen LogP contribution in [-0.2, 0) is 0 Å². The Labute approximate surface area is 119 Å². The number of hydrogen-bond acceptors (Lipinski definition) is 2. The van der Waals surface area contributed by atoms with Crippen molar-refractivity contribution in [1.82, 2.24) is 0 Å². The van der Waals surface area contributed by atoms with E-state index < -0.39 is 0 Å². The Morgan fingerprint density at radius 3 is 2.53 bits per heavy atom. The molecule has 0 heterocycles. The van der Waals surface area contributed by atoms with E-state index in [2.05, 4.69) is 15.9 Å². The Balaban J connectivity index is 2.41. The van der Waals surface area contributed by atoms with Crippen LogP contribution in [0.4, 0.5) is 4.39 Å². The van der Waals surface area contributed by atoms with Gasteiger partial charge in [0.25, 0.3) is 0 Å². The third kappa shape index (κ3) is 2.84. The second-order valence-corrected chi connectivity index (χ2v) is 4.99. The van der Waals surface area contributed by atoms with Crippen LogP contribution in [0, 0.1) is 12.7 Å². The average molecular weight is 323 g/mol. The number of halogens is 2. The molecule has 2 nitrogen and oxygen atoms in total. The Kier molecular flexibility index (Phi) is 4.00. The molecule has 0 saturated carbocycles. The van der Waals surface area contributed by atoms with Crippen molar-refractivity contribution in [1.29, 1.82) is 0 Å². The third-order valence-corrected chi connectivity index (χ3v) is 3.51. The van der Waals surface area contributed by atoms with Crippen LogP contribution < -0.4 is 4.74 Å². The summed E-state index contributed by atoms with van der Waals surface area (Å²) in [6, 6.07) is 9.54. The molecule has 0 aliphatic heterocycles. The molecule has 4 heteroatoms. The van der Waals surface area contributed by atoms with Gasteiger partial charge in [0.05, 0.1) is 7.11 Å². The van der Waals surface area contributed by atoms with Crippen molar-refractivity contribution < 1.29 is 13.9 Å². The first-order valence-corrected chi connectivity index (χ1v) is 6.46. The second kappa shape index (κ2) is 5.53. The lowest BCUT2D eigenvalue weighted by Crippen LogP contribution is -2.03. The molecule has 2 aromatic rings. The van der Waals surface area contributed by atoms with E-state index in [1.807, 2.05) is 0 Å². The number of ether oxygens (including phenoxy) is 1. The minimum Gasteiger partial charge on any atom is -0.497 e. The highest BCUT2D eigenvalue weighted by Gasteiger charge is 2.14. The number of ketones is 1. The highest BCUT2D eigenvalue weighted by Crippen LogP contribution is 2.25. The van der Waals surface area contributed by atoms with Crippen molar-refractivity contribution in [3.8, 4) is 5.75 Å². The summed E-state index contributed by atoms with van der Waals surface area (Å²) in [5.41, 5.74) is 1.32. The molecule has 98 valence electrons. The van der Waals surface area contributed by atoms with Gasteiger partial charge in [0.1, 0.15) is 11.6 Å². The number of carbonyl (C=O) groups is 1. The number of carbonyl (C=O) groups excluding carboxylic acids is 1. The molecule has 0 radical (unpaired) electrons. The summed E-state index contributed by atoms with van der Waals surface area (Å²) in [4.78, 5) is 12.3. The van der Waals surface area contributed by atoms with Crippen LogP contribution in [0.25, 0.3) is 0 Å². The van der Waals surface area contributed by atoms with Crippen LogP contribution in [-0.4, -0.2) is 12.9 Å². The average Bonchev–Trinajstić information content (AvgIpc) is 2.41. The van der Waals surface area contributed by atoms with Gasteiger partial charge in [0, 0.05) is 15.6 Å². The smallest absolute Gasteiger partial charge is 0.194 e. The molecule has 0 N–H and O–H groups in total. The van der Waals surface area contributed by atoms with Crippen LogP contribution in [0.2, 0.25) is 0 Å². The molecule has 0 saturated heterocycles. The molecule has 2 rings (SSSR count). The van der Waals surface area contributed by atoms with Crippen LogP contribution in [0.15, 0.2) is 40.9 Å². The Hall–Kier alpha value is -1.68. The van der Waals surface area contributed by atoms with Gasteiger partial charge in [0.2, 0.25) is 0 Å². The van der Waals surface area contributed by atoms with Crippen molar-refractivity contribution >= 4 is 21.7 Å². The molecule has 0 aliphatic rings. The first kappa shape index (κ1) is 13.7. The van der Waals surface area contributed by atoms with Crippen LogP contribution in [0.1, 0.15) is 21.5 Å². The maximum absolute atomic E-state index is 13.5. The number of hydrogen-bond donors (Lipinski definition) is 0. The van der Waals surface area contributed by atoms with Gasteiger partial charge in [-0.3, -0.25) is 4.79 Å². The first-order chi connectivity index (χ1) is 9.02. The zero-order valence-electron chi connectivity index (χ0n) is 10.5. The number of rotatable bonds is 3. The maximum atomic E-state index is 13.5. The molecule has 0 atom stereocenters. The van der Waals surface area contributed by atoms with E-state index in [1.165, 1.54) is 6.07 Å². The quantitative estimate of drug-likeness (QED) is 0.794. The molecular weight excluding hydrogens is 311 g/mol. The molecule has 0 unspecified atom stereocenters. The summed E-state index contributed by atoms with van der Waals surface area (Å²) in [5.74, 6) is 0.0439. The highest BCUT2D eigenvalue weighted by molar-refractivity contribution is 9.10. The fourth-order valence-corrected chi connectivity index (χ4v) is 2.23. The predicted octanol–water partition coefficient (Wildman–Crippen LogP) is 4.14. The van der Waals surface area contributed by atoms with Gasteiger partial charge in [-0.25, -0.2) is 4.39 Å². The van der Waals surface area contributed by atoms with Gasteiger partial charge in [-0.15, -0.1) is 0 Å². The first-order valence-electron chi connectivity index (χ1n) is 5.67. The summed E-state index contributed by atoms with van der Waals surface area (Å²) in [6.45, 7) is 1.66. The number of methoxy groups -OCH3 is 1. The zero-order chi connectivity index (χ0) is 14.0. The largest absolute Gasteiger partial charge is 0.497 e. The summed E-state index contributed by atoms with van der Waals surface area (Å²) in [7, 11) is 1.55.